The van der Waals surface area contributed by atoms with Gasteiger partial charge in [0.05, 0.1) is 0 Å². The first-order valence-electron chi connectivity index (χ1n) is 0. The molecule has 0 amide bonds. The molecule has 0 saturated heterocycles. The molecule has 0 aromatic heterocycles. The molecule has 0 spiro atoms. The second-order valence-corrected chi connectivity index (χ2v) is 0. The molecule has 0 aliphatic carbocycles. The van der Waals surface area contributed by atoms with E-state index in [4.69, 9.17) is 0 Å². The van der Waals surface area contributed by atoms with Gasteiger partial charge in [-0.1, -0.05) is 0 Å². The SMILES string of the molecule is [Al].[BaH2].[F-].[La].[Na+].[Zr]. The maximum Gasteiger partial charge on any atom is 1.00 e. The molecule has 0 fully saturated rings. The smallest absolute Gasteiger partial charge is 1.00 e. The molecule has 22 valence electrons. The van der Waals surface area contributed by atoms with E-state index in [-0.39, 0.29) is 162 Å². The van der Waals surface area contributed by atoms with E-state index in [9.17, 15) is 0 Å². The fraction of sp³-hybridized carbons (Fsp3) is 0. The molecule has 0 rings (SSSR count). The molecule has 6 heteroatoms. The van der Waals surface area contributed by atoms with Crippen molar-refractivity contribution in [2.24, 2.45) is 0 Å². The first-order valence-corrected chi connectivity index (χ1v) is 0. The third-order valence-electron chi connectivity index (χ3n) is 0. The molecule has 0 aliphatic rings. The Bertz CT molecular complexity index is 15.5. The van der Waals surface area contributed by atoms with Crippen molar-refractivity contribution in [2.75, 3.05) is 0 Å². The summed E-state index contributed by atoms with van der Waals surface area (Å²) in [6.07, 6.45) is 0. The van der Waals surface area contributed by atoms with Crippen LogP contribution >= 0.6 is 0 Å². The standard InChI is InChI=1S/Al.Ba.FH.La.Na.Zr.2H/h;;1H;;;;;/q;;;;+1;;;/p-1. The van der Waals surface area contributed by atoms with Gasteiger partial charge < -0.3 is 4.70 Å². The van der Waals surface area contributed by atoms with E-state index in [2.05, 4.69) is 0 Å². The van der Waals surface area contributed by atoms with Gasteiger partial charge in [0.15, 0.2) is 0 Å². The van der Waals surface area contributed by atoms with Crippen molar-refractivity contribution in [3.05, 3.63) is 0 Å². The third kappa shape index (κ3) is 22.9. The largest absolute Gasteiger partial charge is 1.00 e. The summed E-state index contributed by atoms with van der Waals surface area (Å²) in [6.45, 7) is 0. The van der Waals surface area contributed by atoms with E-state index in [1.165, 1.54) is 0 Å². The number of hydrogen-bond acceptors (Lipinski definition) is 0. The average molecular weight is 438 g/mol. The van der Waals surface area contributed by atoms with Crippen LogP contribution < -0.4 is 34.3 Å². The molecule has 4 radical (unpaired) electrons. The van der Waals surface area contributed by atoms with Crippen LogP contribution in [-0.4, -0.2) is 66.2 Å². The average Bonchev–Trinajstić information content (AvgIpc) is 0. The van der Waals surface area contributed by atoms with Crippen molar-refractivity contribution in [3.63, 3.8) is 0 Å². The molecule has 0 aromatic rings. The van der Waals surface area contributed by atoms with E-state index in [1.807, 2.05) is 0 Å². The van der Waals surface area contributed by atoms with Crippen LogP contribution in [0, 0.1) is 35.6 Å². The maximum absolute atomic E-state index is 0. The summed E-state index contributed by atoms with van der Waals surface area (Å²) in [4.78, 5) is 0. The molecule has 0 aromatic carbocycles. The molecule has 0 heterocycles. The van der Waals surface area contributed by atoms with Gasteiger partial charge >= 0.3 is 78.4 Å². The first-order chi connectivity index (χ1) is 0. The Morgan fingerprint density at radius 3 is 1.00 bits per heavy atom. The van der Waals surface area contributed by atoms with Crippen LogP contribution in [0.2, 0.25) is 0 Å². The molecular formula is H2AlBaFLaNaZr. The summed E-state index contributed by atoms with van der Waals surface area (Å²) in [5.74, 6) is 0. The van der Waals surface area contributed by atoms with Crippen LogP contribution in [0.25, 0.3) is 0 Å². The third-order valence-corrected chi connectivity index (χ3v) is 0. The summed E-state index contributed by atoms with van der Waals surface area (Å²) in [5, 5.41) is 0. The normalized spacial score (nSPS) is 0. The molecule has 0 aliphatic heterocycles. The van der Waals surface area contributed by atoms with E-state index in [0.29, 0.717) is 0 Å². The van der Waals surface area contributed by atoms with Gasteiger partial charge in [0, 0.05) is 79.2 Å². The topological polar surface area (TPSA) is 0 Å². The van der Waals surface area contributed by atoms with Gasteiger partial charge in [0.2, 0.25) is 0 Å². The van der Waals surface area contributed by atoms with Crippen molar-refractivity contribution in [3.8, 4) is 0 Å². The molecule has 6 heavy (non-hydrogen) atoms. The maximum atomic E-state index is 0. The van der Waals surface area contributed by atoms with Gasteiger partial charge in [0.1, 0.15) is 0 Å². The summed E-state index contributed by atoms with van der Waals surface area (Å²) >= 11 is 0. The predicted octanol–water partition coefficient (Wildman–Crippen LogP) is -7.29. The van der Waals surface area contributed by atoms with Gasteiger partial charge in [-0.2, -0.15) is 0 Å². The molecular weight excluding hydrogens is 436 g/mol. The van der Waals surface area contributed by atoms with Crippen LogP contribution in [0.1, 0.15) is 0 Å². The summed E-state index contributed by atoms with van der Waals surface area (Å²) in [7, 11) is 0. The fourth-order valence-corrected chi connectivity index (χ4v) is 0. The van der Waals surface area contributed by atoms with E-state index in [1.54, 1.807) is 0 Å². The van der Waals surface area contributed by atoms with Crippen LogP contribution in [0.15, 0.2) is 0 Å². The molecule has 0 N–H and O–H groups in total. The minimum absolute atomic E-state index is 0. The van der Waals surface area contributed by atoms with Gasteiger partial charge in [-0.15, -0.1) is 0 Å². The Kier molecular flexibility index (Phi) is 233. The summed E-state index contributed by atoms with van der Waals surface area (Å²) in [6, 6.07) is 0. The quantitative estimate of drug-likeness (QED) is 0.330. The fourth-order valence-electron chi connectivity index (χ4n) is 0. The van der Waals surface area contributed by atoms with Crippen LogP contribution in [0.3, 0.4) is 0 Å². The zero-order chi connectivity index (χ0) is 0. The monoisotopic (exact) mass is 438 g/mol. The van der Waals surface area contributed by atoms with Gasteiger partial charge in [-0.25, -0.2) is 0 Å². The number of halogens is 1. The Labute approximate surface area is 157 Å². The second kappa shape index (κ2) is 32.1. The van der Waals surface area contributed by atoms with E-state index in [0.717, 1.165) is 0 Å². The Morgan fingerprint density at radius 2 is 1.00 bits per heavy atom. The molecule has 0 nitrogen and oxygen atoms in total. The van der Waals surface area contributed by atoms with Crippen LogP contribution in [0.5, 0.6) is 0 Å². The van der Waals surface area contributed by atoms with Crippen molar-refractivity contribution < 1.29 is 96.1 Å². The van der Waals surface area contributed by atoms with Gasteiger partial charge in [0.25, 0.3) is 0 Å². The minimum atomic E-state index is 0. The van der Waals surface area contributed by atoms with Gasteiger partial charge in [-0.05, 0) is 0 Å². The minimum Gasteiger partial charge on any atom is -1.00 e. The molecule has 0 unspecified atom stereocenters. The Morgan fingerprint density at radius 1 is 1.00 bits per heavy atom. The summed E-state index contributed by atoms with van der Waals surface area (Å²) < 4.78 is 0. The van der Waals surface area contributed by atoms with Crippen molar-refractivity contribution in [1.82, 2.24) is 0 Å². The summed E-state index contributed by atoms with van der Waals surface area (Å²) in [5.41, 5.74) is 0. The predicted molar refractivity (Wildman–Crippen MR) is 14.3 cm³/mol. The van der Waals surface area contributed by atoms with Crippen molar-refractivity contribution >= 4 is 66.2 Å². The molecule has 0 saturated carbocycles. The van der Waals surface area contributed by atoms with Crippen molar-refractivity contribution in [2.45, 2.75) is 0 Å². The van der Waals surface area contributed by atoms with Crippen molar-refractivity contribution in [1.29, 1.82) is 0 Å². The van der Waals surface area contributed by atoms with Crippen LogP contribution in [-0.2, 0) is 26.2 Å². The zero-order valence-electron chi connectivity index (χ0n) is 3.03. The Hall–Kier alpha value is 5.11. The molecule has 0 bridgehead atoms. The van der Waals surface area contributed by atoms with Crippen LogP contribution in [0.4, 0.5) is 0 Å². The number of hydrogen-bond donors (Lipinski definition) is 0. The zero-order valence-corrected chi connectivity index (χ0v) is 12.3. The van der Waals surface area contributed by atoms with E-state index >= 15 is 0 Å². The van der Waals surface area contributed by atoms with Gasteiger partial charge in [-0.3, -0.25) is 0 Å². The molecule has 0 atom stereocenters. The Balaban J connectivity index is 0. The first kappa shape index (κ1) is 43.5. The van der Waals surface area contributed by atoms with E-state index < -0.39 is 0 Å². The number of rotatable bonds is 0. The second-order valence-electron chi connectivity index (χ2n) is 0.